The van der Waals surface area contributed by atoms with Crippen molar-refractivity contribution < 1.29 is 0 Å². The molecule has 0 amide bonds. The molecule has 1 aliphatic carbocycles. The molecule has 1 aliphatic rings. The second kappa shape index (κ2) is 8.05. The summed E-state index contributed by atoms with van der Waals surface area (Å²) in [5.74, 6) is 0.977. The minimum Gasteiger partial charge on any atom is -0.314 e. The van der Waals surface area contributed by atoms with Crippen molar-refractivity contribution in [2.45, 2.75) is 64.8 Å². The van der Waals surface area contributed by atoms with E-state index >= 15 is 0 Å². The van der Waals surface area contributed by atoms with E-state index in [1.54, 1.807) is 0 Å². The van der Waals surface area contributed by atoms with E-state index < -0.39 is 0 Å². The van der Waals surface area contributed by atoms with Crippen LogP contribution in [0.1, 0.15) is 56.6 Å². The van der Waals surface area contributed by atoms with Gasteiger partial charge in [0.15, 0.2) is 0 Å². The molecule has 1 nitrogen and oxygen atoms in total. The van der Waals surface area contributed by atoms with Gasteiger partial charge in [-0.2, -0.15) is 0 Å². The van der Waals surface area contributed by atoms with Crippen LogP contribution >= 0.6 is 11.6 Å². The van der Waals surface area contributed by atoms with Crippen LogP contribution in [0.25, 0.3) is 0 Å². The average molecular weight is 294 g/mol. The quantitative estimate of drug-likeness (QED) is 0.734. The predicted octanol–water partition coefficient (Wildman–Crippen LogP) is 5.14. The first-order valence-corrected chi connectivity index (χ1v) is 8.55. The lowest BCUT2D eigenvalue weighted by Crippen LogP contribution is -2.31. The van der Waals surface area contributed by atoms with Gasteiger partial charge in [0, 0.05) is 11.1 Å². The van der Waals surface area contributed by atoms with Crippen molar-refractivity contribution >= 4 is 11.6 Å². The number of aryl methyl sites for hydroxylation is 1. The maximum Gasteiger partial charge on any atom is 0.0441 e. The van der Waals surface area contributed by atoms with Gasteiger partial charge in [-0.3, -0.25) is 0 Å². The highest BCUT2D eigenvalue weighted by atomic mass is 35.5. The van der Waals surface area contributed by atoms with Crippen molar-refractivity contribution in [1.82, 2.24) is 5.32 Å². The smallest absolute Gasteiger partial charge is 0.0441 e. The van der Waals surface area contributed by atoms with Crippen molar-refractivity contribution in [3.8, 4) is 0 Å². The van der Waals surface area contributed by atoms with Gasteiger partial charge in [-0.15, -0.1) is 0 Å². The lowest BCUT2D eigenvalue weighted by atomic mass is 9.94. The molecular weight excluding hydrogens is 266 g/mol. The molecule has 2 heteroatoms. The number of nitrogens with one attached hydrogen (secondary N) is 1. The van der Waals surface area contributed by atoms with Crippen LogP contribution in [-0.4, -0.2) is 12.6 Å². The fraction of sp³-hybridized carbons (Fsp3) is 0.667. The van der Waals surface area contributed by atoms with Crippen molar-refractivity contribution in [1.29, 1.82) is 0 Å². The Bertz CT molecular complexity index is 410. The highest BCUT2D eigenvalue weighted by Crippen LogP contribution is 2.29. The zero-order valence-corrected chi connectivity index (χ0v) is 13.7. The number of hydrogen-bond acceptors (Lipinski definition) is 1. The fourth-order valence-electron chi connectivity index (χ4n) is 3.38. The van der Waals surface area contributed by atoms with E-state index in [1.807, 2.05) is 0 Å². The second-order valence-corrected chi connectivity index (χ2v) is 6.69. The Morgan fingerprint density at radius 2 is 2.05 bits per heavy atom. The average Bonchev–Trinajstić information content (AvgIpc) is 2.92. The number of rotatable bonds is 7. The van der Waals surface area contributed by atoms with E-state index in [0.29, 0.717) is 6.04 Å². The first-order valence-electron chi connectivity index (χ1n) is 8.17. The lowest BCUT2D eigenvalue weighted by Gasteiger charge is -2.20. The normalized spacial score (nSPS) is 17.6. The topological polar surface area (TPSA) is 12.0 Å². The SMILES string of the molecule is CCNC(CCC1CCCC1)Cc1ccc(C)cc1Cl. The van der Waals surface area contributed by atoms with Crippen LogP contribution in [0.15, 0.2) is 18.2 Å². The third-order valence-corrected chi connectivity index (χ3v) is 4.92. The molecule has 1 fully saturated rings. The van der Waals surface area contributed by atoms with Gasteiger partial charge in [0.2, 0.25) is 0 Å². The summed E-state index contributed by atoms with van der Waals surface area (Å²) in [6.07, 6.45) is 9.50. The van der Waals surface area contributed by atoms with Gasteiger partial charge < -0.3 is 5.32 Å². The van der Waals surface area contributed by atoms with Gasteiger partial charge in [0.1, 0.15) is 0 Å². The summed E-state index contributed by atoms with van der Waals surface area (Å²) in [4.78, 5) is 0. The Labute approximate surface area is 129 Å². The lowest BCUT2D eigenvalue weighted by molar-refractivity contribution is 0.407. The molecule has 0 radical (unpaired) electrons. The van der Waals surface area contributed by atoms with E-state index in [0.717, 1.165) is 23.9 Å². The summed E-state index contributed by atoms with van der Waals surface area (Å²) in [6.45, 7) is 5.33. The molecule has 1 atom stereocenters. The van der Waals surface area contributed by atoms with E-state index in [1.165, 1.54) is 49.7 Å². The Hall–Kier alpha value is -0.530. The highest BCUT2D eigenvalue weighted by molar-refractivity contribution is 6.31. The molecular formula is C18H28ClN. The van der Waals surface area contributed by atoms with Crippen LogP contribution in [0, 0.1) is 12.8 Å². The molecule has 0 spiro atoms. The van der Waals surface area contributed by atoms with E-state index in [4.69, 9.17) is 11.6 Å². The van der Waals surface area contributed by atoms with Crippen LogP contribution in [0.5, 0.6) is 0 Å². The third-order valence-electron chi connectivity index (χ3n) is 4.57. The second-order valence-electron chi connectivity index (χ2n) is 6.28. The van der Waals surface area contributed by atoms with E-state index in [-0.39, 0.29) is 0 Å². The largest absolute Gasteiger partial charge is 0.314 e. The maximum atomic E-state index is 6.37. The molecule has 1 aromatic carbocycles. The number of halogens is 1. The van der Waals surface area contributed by atoms with Crippen LogP contribution in [0.2, 0.25) is 5.02 Å². The number of hydrogen-bond donors (Lipinski definition) is 1. The molecule has 2 rings (SSSR count). The Balaban J connectivity index is 1.90. The summed E-state index contributed by atoms with van der Waals surface area (Å²) in [5.41, 5.74) is 2.53. The Morgan fingerprint density at radius 3 is 2.70 bits per heavy atom. The molecule has 0 saturated heterocycles. The van der Waals surface area contributed by atoms with Gasteiger partial charge in [0.05, 0.1) is 0 Å². The van der Waals surface area contributed by atoms with Crippen LogP contribution in [0.4, 0.5) is 0 Å². The van der Waals surface area contributed by atoms with Gasteiger partial charge in [0.25, 0.3) is 0 Å². The zero-order valence-electron chi connectivity index (χ0n) is 12.9. The molecule has 20 heavy (non-hydrogen) atoms. The van der Waals surface area contributed by atoms with Crippen molar-refractivity contribution in [3.63, 3.8) is 0 Å². The summed E-state index contributed by atoms with van der Waals surface area (Å²) in [5, 5.41) is 4.56. The molecule has 1 saturated carbocycles. The minimum absolute atomic E-state index is 0.570. The molecule has 1 unspecified atom stereocenters. The van der Waals surface area contributed by atoms with Gasteiger partial charge in [-0.25, -0.2) is 0 Å². The van der Waals surface area contributed by atoms with Crippen molar-refractivity contribution in [2.24, 2.45) is 5.92 Å². The molecule has 0 heterocycles. The standard InChI is InChI=1S/C18H28ClN/c1-3-20-17(11-9-15-6-4-5-7-15)13-16-10-8-14(2)12-18(16)19/h8,10,12,15,17,20H,3-7,9,11,13H2,1-2H3. The van der Waals surface area contributed by atoms with Crippen molar-refractivity contribution in [3.05, 3.63) is 34.3 Å². The van der Waals surface area contributed by atoms with Crippen molar-refractivity contribution in [2.75, 3.05) is 6.54 Å². The summed E-state index contributed by atoms with van der Waals surface area (Å²) in [6, 6.07) is 7.01. The van der Waals surface area contributed by atoms with Crippen LogP contribution in [0.3, 0.4) is 0 Å². The van der Waals surface area contributed by atoms with Gasteiger partial charge in [-0.05, 0) is 55.8 Å². The zero-order chi connectivity index (χ0) is 14.4. The van der Waals surface area contributed by atoms with Gasteiger partial charge in [-0.1, -0.05) is 56.3 Å². The summed E-state index contributed by atoms with van der Waals surface area (Å²) >= 11 is 6.37. The third kappa shape index (κ3) is 4.79. The monoisotopic (exact) mass is 293 g/mol. The predicted molar refractivity (Wildman–Crippen MR) is 88.5 cm³/mol. The number of benzene rings is 1. The Morgan fingerprint density at radius 1 is 1.30 bits per heavy atom. The summed E-state index contributed by atoms with van der Waals surface area (Å²) < 4.78 is 0. The first kappa shape index (κ1) is 15.9. The molecule has 1 aromatic rings. The fourth-order valence-corrected chi connectivity index (χ4v) is 3.70. The molecule has 0 aromatic heterocycles. The first-order chi connectivity index (χ1) is 9.69. The highest BCUT2D eigenvalue weighted by Gasteiger charge is 2.18. The van der Waals surface area contributed by atoms with E-state index in [2.05, 4.69) is 37.4 Å². The Kier molecular flexibility index (Phi) is 6.38. The minimum atomic E-state index is 0.570. The van der Waals surface area contributed by atoms with Crippen LogP contribution in [-0.2, 0) is 6.42 Å². The molecule has 112 valence electrons. The molecule has 0 bridgehead atoms. The number of likely N-dealkylation sites (N-methyl/N-ethyl adjacent to an activating group) is 1. The molecule has 0 aliphatic heterocycles. The molecule has 1 N–H and O–H groups in total. The van der Waals surface area contributed by atoms with Crippen LogP contribution < -0.4 is 5.32 Å². The summed E-state index contributed by atoms with van der Waals surface area (Å²) in [7, 11) is 0. The van der Waals surface area contributed by atoms with E-state index in [9.17, 15) is 0 Å². The maximum absolute atomic E-state index is 6.37. The van der Waals surface area contributed by atoms with Gasteiger partial charge >= 0.3 is 0 Å².